The highest BCUT2D eigenvalue weighted by Gasteiger charge is 2.39. The fourth-order valence-corrected chi connectivity index (χ4v) is 1.91. The number of hydrogen-bond acceptors (Lipinski definition) is 3. The van der Waals surface area contributed by atoms with E-state index in [1.165, 1.54) is 0 Å². The van der Waals surface area contributed by atoms with Crippen molar-refractivity contribution in [3.63, 3.8) is 0 Å². The molecule has 13 heavy (non-hydrogen) atoms. The summed E-state index contributed by atoms with van der Waals surface area (Å²) < 4.78 is 0. The molecule has 5 heteroatoms. The molecule has 0 amide bonds. The van der Waals surface area contributed by atoms with Crippen molar-refractivity contribution >= 4 is 11.9 Å². The van der Waals surface area contributed by atoms with Crippen LogP contribution in [-0.2, 0) is 9.59 Å². The van der Waals surface area contributed by atoms with Gasteiger partial charge in [0.2, 0.25) is 0 Å². The maximum absolute atomic E-state index is 10.7. The van der Waals surface area contributed by atoms with Crippen molar-refractivity contribution in [2.45, 2.75) is 25.3 Å². The molecule has 0 saturated heterocycles. The van der Waals surface area contributed by atoms with E-state index in [0.29, 0.717) is 12.8 Å². The molecule has 3 atom stereocenters. The van der Waals surface area contributed by atoms with Crippen LogP contribution in [0.3, 0.4) is 0 Å². The molecule has 0 aromatic carbocycles. The second kappa shape index (κ2) is 3.74. The maximum Gasteiger partial charge on any atom is 0.320 e. The van der Waals surface area contributed by atoms with Crippen LogP contribution in [0.4, 0.5) is 0 Å². The molecule has 1 aliphatic carbocycles. The van der Waals surface area contributed by atoms with Gasteiger partial charge in [-0.2, -0.15) is 0 Å². The van der Waals surface area contributed by atoms with Crippen LogP contribution in [0.2, 0.25) is 0 Å². The highest BCUT2D eigenvalue weighted by molar-refractivity contribution is 5.77. The predicted molar refractivity (Wildman–Crippen MR) is 44.1 cm³/mol. The van der Waals surface area contributed by atoms with Crippen LogP contribution >= 0.6 is 0 Å². The van der Waals surface area contributed by atoms with E-state index in [1.807, 2.05) is 0 Å². The molecule has 0 radical (unpaired) electrons. The summed E-state index contributed by atoms with van der Waals surface area (Å²) in [6.45, 7) is 0. The lowest BCUT2D eigenvalue weighted by atomic mass is 9.89. The van der Waals surface area contributed by atoms with Crippen molar-refractivity contribution < 1.29 is 19.8 Å². The normalized spacial score (nSPS) is 29.9. The highest BCUT2D eigenvalue weighted by atomic mass is 16.4. The second-order valence-corrected chi connectivity index (χ2v) is 3.40. The summed E-state index contributed by atoms with van der Waals surface area (Å²) in [4.78, 5) is 21.2. The van der Waals surface area contributed by atoms with Crippen molar-refractivity contribution in [1.82, 2.24) is 0 Å². The average molecular weight is 187 g/mol. The van der Waals surface area contributed by atoms with Gasteiger partial charge in [0.05, 0.1) is 5.92 Å². The highest BCUT2D eigenvalue weighted by Crippen LogP contribution is 2.33. The molecule has 1 saturated carbocycles. The van der Waals surface area contributed by atoms with Gasteiger partial charge in [0, 0.05) is 0 Å². The van der Waals surface area contributed by atoms with Gasteiger partial charge in [-0.1, -0.05) is 6.42 Å². The Morgan fingerprint density at radius 2 is 1.92 bits per heavy atom. The number of nitrogens with two attached hydrogens (primary N) is 1. The Morgan fingerprint density at radius 3 is 2.38 bits per heavy atom. The zero-order chi connectivity index (χ0) is 10.0. The first-order valence-corrected chi connectivity index (χ1v) is 4.25. The number of aliphatic carboxylic acids is 2. The van der Waals surface area contributed by atoms with Crippen LogP contribution < -0.4 is 5.73 Å². The van der Waals surface area contributed by atoms with Gasteiger partial charge in [0.25, 0.3) is 0 Å². The first-order valence-electron chi connectivity index (χ1n) is 4.25. The number of carbonyl (C=O) groups is 2. The average Bonchev–Trinajstić information content (AvgIpc) is 2.50. The number of rotatable bonds is 3. The third-order valence-corrected chi connectivity index (χ3v) is 2.63. The molecule has 4 N–H and O–H groups in total. The predicted octanol–water partition coefficient (Wildman–Crippen LogP) is -0.101. The van der Waals surface area contributed by atoms with E-state index in [9.17, 15) is 9.59 Å². The zero-order valence-corrected chi connectivity index (χ0v) is 7.14. The summed E-state index contributed by atoms with van der Waals surface area (Å²) in [5.41, 5.74) is 5.39. The molecular weight excluding hydrogens is 174 g/mol. The minimum absolute atomic E-state index is 0.407. The van der Waals surface area contributed by atoms with Crippen LogP contribution in [0.1, 0.15) is 19.3 Å². The molecule has 1 rings (SSSR count). The Labute approximate surface area is 75.5 Å². The quantitative estimate of drug-likeness (QED) is 0.572. The summed E-state index contributed by atoms with van der Waals surface area (Å²) in [6, 6.07) is -1.04. The summed E-state index contributed by atoms with van der Waals surface area (Å²) in [7, 11) is 0. The van der Waals surface area contributed by atoms with E-state index in [1.54, 1.807) is 0 Å². The van der Waals surface area contributed by atoms with Crippen LogP contribution in [0, 0.1) is 11.8 Å². The largest absolute Gasteiger partial charge is 0.481 e. The third-order valence-electron chi connectivity index (χ3n) is 2.63. The molecule has 3 unspecified atom stereocenters. The number of hydrogen-bond donors (Lipinski definition) is 3. The fraction of sp³-hybridized carbons (Fsp3) is 0.750. The minimum atomic E-state index is -1.11. The van der Waals surface area contributed by atoms with E-state index in [-0.39, 0.29) is 0 Å². The molecule has 0 aromatic heterocycles. The Morgan fingerprint density at radius 1 is 1.31 bits per heavy atom. The smallest absolute Gasteiger partial charge is 0.320 e. The van der Waals surface area contributed by atoms with Crippen LogP contribution in [-0.4, -0.2) is 28.2 Å². The summed E-state index contributed by atoms with van der Waals surface area (Å²) >= 11 is 0. The van der Waals surface area contributed by atoms with Gasteiger partial charge in [0.15, 0.2) is 0 Å². The molecule has 0 bridgehead atoms. The fourth-order valence-electron chi connectivity index (χ4n) is 1.91. The zero-order valence-electron chi connectivity index (χ0n) is 7.14. The SMILES string of the molecule is NC(C(=O)O)C1CCCC1C(=O)O. The molecule has 0 aromatic rings. The molecule has 0 aliphatic heterocycles. The van der Waals surface area contributed by atoms with Crippen LogP contribution in [0.15, 0.2) is 0 Å². The summed E-state index contributed by atoms with van der Waals surface area (Å²) in [5, 5.41) is 17.4. The van der Waals surface area contributed by atoms with E-state index in [2.05, 4.69) is 0 Å². The Balaban J connectivity index is 2.68. The standard InChI is InChI=1S/C8H13NO4/c9-6(8(12)13)4-2-1-3-5(4)7(10)11/h4-6H,1-3,9H2,(H,10,11)(H,12,13). The van der Waals surface area contributed by atoms with Crippen LogP contribution in [0.5, 0.6) is 0 Å². The Kier molecular flexibility index (Phi) is 2.87. The van der Waals surface area contributed by atoms with Crippen molar-refractivity contribution in [1.29, 1.82) is 0 Å². The lowest BCUT2D eigenvalue weighted by molar-refractivity contribution is -0.145. The van der Waals surface area contributed by atoms with Gasteiger partial charge in [-0.3, -0.25) is 9.59 Å². The van der Waals surface area contributed by atoms with Crippen molar-refractivity contribution in [2.24, 2.45) is 17.6 Å². The van der Waals surface area contributed by atoms with Crippen molar-refractivity contribution in [3.8, 4) is 0 Å². The summed E-state index contributed by atoms with van der Waals surface area (Å²) in [5.74, 6) is -3.03. The molecular formula is C8H13NO4. The Bertz CT molecular complexity index is 228. The minimum Gasteiger partial charge on any atom is -0.481 e. The molecule has 1 aliphatic rings. The first kappa shape index (κ1) is 9.98. The molecule has 0 spiro atoms. The first-order chi connectivity index (χ1) is 6.04. The topological polar surface area (TPSA) is 101 Å². The number of carboxylic acids is 2. The van der Waals surface area contributed by atoms with E-state index < -0.39 is 29.8 Å². The maximum atomic E-state index is 10.7. The van der Waals surface area contributed by atoms with Gasteiger partial charge in [-0.25, -0.2) is 0 Å². The van der Waals surface area contributed by atoms with Gasteiger partial charge in [-0.15, -0.1) is 0 Å². The molecule has 5 nitrogen and oxygen atoms in total. The Hall–Kier alpha value is -1.10. The number of carboxylic acid groups (broad SMARTS) is 2. The van der Waals surface area contributed by atoms with Crippen molar-refractivity contribution in [3.05, 3.63) is 0 Å². The molecule has 74 valence electrons. The lowest BCUT2D eigenvalue weighted by Crippen LogP contribution is -2.41. The summed E-state index contributed by atoms with van der Waals surface area (Å²) in [6.07, 6.45) is 1.90. The van der Waals surface area contributed by atoms with Gasteiger partial charge in [0.1, 0.15) is 6.04 Å². The van der Waals surface area contributed by atoms with Crippen LogP contribution in [0.25, 0.3) is 0 Å². The third kappa shape index (κ3) is 1.98. The van der Waals surface area contributed by atoms with Gasteiger partial charge >= 0.3 is 11.9 Å². The van der Waals surface area contributed by atoms with Crippen molar-refractivity contribution in [2.75, 3.05) is 0 Å². The van der Waals surface area contributed by atoms with Gasteiger partial charge < -0.3 is 15.9 Å². The lowest BCUT2D eigenvalue weighted by Gasteiger charge is -2.19. The van der Waals surface area contributed by atoms with Gasteiger partial charge in [-0.05, 0) is 18.8 Å². The van der Waals surface area contributed by atoms with E-state index in [4.69, 9.17) is 15.9 Å². The monoisotopic (exact) mass is 187 g/mol. The van der Waals surface area contributed by atoms with E-state index >= 15 is 0 Å². The molecule has 0 heterocycles. The second-order valence-electron chi connectivity index (χ2n) is 3.40. The van der Waals surface area contributed by atoms with E-state index in [0.717, 1.165) is 6.42 Å². The molecule has 1 fully saturated rings.